The number of nitrogens with zero attached hydrogens (tertiary/aromatic N) is 3. The molecule has 3 rings (SSSR count). The number of aromatic nitrogens is 2. The monoisotopic (exact) mass is 285 g/mol. The van der Waals surface area contributed by atoms with Crippen molar-refractivity contribution in [3.63, 3.8) is 0 Å². The molecule has 0 atom stereocenters. The quantitative estimate of drug-likeness (QED) is 0.815. The zero-order chi connectivity index (χ0) is 14.7. The first-order valence-corrected chi connectivity index (χ1v) is 6.78. The SMILES string of the molecule is O=C(c1ccc(=O)n(-c2ccccc2)n1)N1CCOCC1. The van der Waals surface area contributed by atoms with Crippen LogP contribution in [0.25, 0.3) is 5.69 Å². The number of rotatable bonds is 2. The summed E-state index contributed by atoms with van der Waals surface area (Å²) in [5.74, 6) is -0.178. The minimum absolute atomic E-state index is 0.178. The van der Waals surface area contributed by atoms with Gasteiger partial charge in [-0.25, -0.2) is 0 Å². The van der Waals surface area contributed by atoms with Gasteiger partial charge in [0.1, 0.15) is 5.69 Å². The molecule has 0 bridgehead atoms. The lowest BCUT2D eigenvalue weighted by molar-refractivity contribution is 0.0297. The fourth-order valence-corrected chi connectivity index (χ4v) is 2.21. The van der Waals surface area contributed by atoms with Gasteiger partial charge in [-0.3, -0.25) is 9.59 Å². The number of hydrogen-bond acceptors (Lipinski definition) is 4. The number of ether oxygens (including phenoxy) is 1. The molecule has 2 heterocycles. The zero-order valence-corrected chi connectivity index (χ0v) is 11.4. The van der Waals surface area contributed by atoms with E-state index in [2.05, 4.69) is 5.10 Å². The highest BCUT2D eigenvalue weighted by Gasteiger charge is 2.20. The second-order valence-electron chi connectivity index (χ2n) is 4.71. The summed E-state index contributed by atoms with van der Waals surface area (Å²) in [6.07, 6.45) is 0. The van der Waals surface area contributed by atoms with Crippen LogP contribution in [0, 0.1) is 0 Å². The molecule has 0 unspecified atom stereocenters. The van der Waals surface area contributed by atoms with Crippen LogP contribution in [0.1, 0.15) is 10.5 Å². The van der Waals surface area contributed by atoms with E-state index in [0.717, 1.165) is 0 Å². The van der Waals surface area contributed by atoms with Crippen molar-refractivity contribution >= 4 is 5.91 Å². The summed E-state index contributed by atoms with van der Waals surface area (Å²) >= 11 is 0. The second kappa shape index (κ2) is 5.88. The van der Waals surface area contributed by atoms with Crippen molar-refractivity contribution in [2.24, 2.45) is 0 Å². The van der Waals surface area contributed by atoms with E-state index in [0.29, 0.717) is 32.0 Å². The van der Waals surface area contributed by atoms with Gasteiger partial charge in [-0.1, -0.05) is 18.2 Å². The molecule has 0 spiro atoms. The van der Waals surface area contributed by atoms with Crippen LogP contribution < -0.4 is 5.56 Å². The molecule has 1 fully saturated rings. The molecule has 1 saturated heterocycles. The van der Waals surface area contributed by atoms with Crippen LogP contribution in [0.2, 0.25) is 0 Å². The van der Waals surface area contributed by atoms with Gasteiger partial charge in [-0.15, -0.1) is 0 Å². The van der Waals surface area contributed by atoms with Gasteiger partial charge in [0.2, 0.25) is 0 Å². The van der Waals surface area contributed by atoms with Crippen molar-refractivity contribution in [3.8, 4) is 5.69 Å². The van der Waals surface area contributed by atoms with Crippen LogP contribution in [-0.4, -0.2) is 46.9 Å². The Morgan fingerprint density at radius 1 is 1.05 bits per heavy atom. The summed E-state index contributed by atoms with van der Waals surface area (Å²) in [4.78, 5) is 26.0. The number of morpholine rings is 1. The first-order valence-electron chi connectivity index (χ1n) is 6.78. The Morgan fingerprint density at radius 2 is 1.76 bits per heavy atom. The molecule has 1 aromatic carbocycles. The zero-order valence-electron chi connectivity index (χ0n) is 11.4. The second-order valence-corrected chi connectivity index (χ2v) is 4.71. The minimum atomic E-state index is -0.264. The highest BCUT2D eigenvalue weighted by Crippen LogP contribution is 2.06. The molecule has 1 aliphatic rings. The van der Waals surface area contributed by atoms with Crippen LogP contribution in [0.3, 0.4) is 0 Å². The standard InChI is InChI=1S/C15H15N3O3/c19-14-7-6-13(15(20)17-8-10-21-11-9-17)16-18(14)12-4-2-1-3-5-12/h1-7H,8-11H2. The van der Waals surface area contributed by atoms with Crippen molar-refractivity contribution in [1.29, 1.82) is 0 Å². The summed E-state index contributed by atoms with van der Waals surface area (Å²) < 4.78 is 6.47. The van der Waals surface area contributed by atoms with Crippen LogP contribution in [0.4, 0.5) is 0 Å². The average Bonchev–Trinajstić information content (AvgIpc) is 2.56. The van der Waals surface area contributed by atoms with Gasteiger partial charge < -0.3 is 9.64 Å². The molecule has 0 saturated carbocycles. The Morgan fingerprint density at radius 3 is 2.48 bits per heavy atom. The molecular formula is C15H15N3O3. The van der Waals surface area contributed by atoms with Crippen LogP contribution in [0.15, 0.2) is 47.3 Å². The van der Waals surface area contributed by atoms with Gasteiger partial charge in [0.15, 0.2) is 0 Å². The number of carbonyl (C=O) groups excluding carboxylic acids is 1. The van der Waals surface area contributed by atoms with Crippen molar-refractivity contribution in [3.05, 3.63) is 58.5 Å². The Kier molecular flexibility index (Phi) is 3.79. The average molecular weight is 285 g/mol. The first-order chi connectivity index (χ1) is 10.3. The van der Waals surface area contributed by atoms with Crippen molar-refractivity contribution in [2.45, 2.75) is 0 Å². The number of carbonyl (C=O) groups is 1. The molecule has 1 aromatic heterocycles. The molecule has 21 heavy (non-hydrogen) atoms. The molecule has 1 aliphatic heterocycles. The van der Waals surface area contributed by atoms with E-state index in [4.69, 9.17) is 4.74 Å². The highest BCUT2D eigenvalue weighted by molar-refractivity contribution is 5.92. The lowest BCUT2D eigenvalue weighted by atomic mass is 10.3. The Hall–Kier alpha value is -2.47. The third-order valence-corrected chi connectivity index (χ3v) is 3.32. The number of para-hydroxylation sites is 1. The molecule has 6 nitrogen and oxygen atoms in total. The van der Waals surface area contributed by atoms with E-state index in [1.165, 1.54) is 16.8 Å². The van der Waals surface area contributed by atoms with E-state index in [1.54, 1.807) is 17.0 Å². The lowest BCUT2D eigenvalue weighted by Gasteiger charge is -2.26. The van der Waals surface area contributed by atoms with Gasteiger partial charge in [-0.2, -0.15) is 9.78 Å². The summed E-state index contributed by atoms with van der Waals surface area (Å²) in [6, 6.07) is 11.9. The third-order valence-electron chi connectivity index (χ3n) is 3.32. The molecule has 1 amide bonds. The number of benzene rings is 1. The minimum Gasteiger partial charge on any atom is -0.378 e. The van der Waals surface area contributed by atoms with Gasteiger partial charge in [0, 0.05) is 19.2 Å². The van der Waals surface area contributed by atoms with Gasteiger partial charge in [-0.05, 0) is 18.2 Å². The topological polar surface area (TPSA) is 64.4 Å². The highest BCUT2D eigenvalue weighted by atomic mass is 16.5. The number of amides is 1. The predicted molar refractivity (Wildman–Crippen MR) is 76.6 cm³/mol. The van der Waals surface area contributed by atoms with Crippen LogP contribution >= 0.6 is 0 Å². The van der Waals surface area contributed by atoms with E-state index < -0.39 is 0 Å². The maximum Gasteiger partial charge on any atom is 0.274 e. The molecular weight excluding hydrogens is 270 g/mol. The van der Waals surface area contributed by atoms with Crippen LogP contribution in [0.5, 0.6) is 0 Å². The summed E-state index contributed by atoms with van der Waals surface area (Å²) in [6.45, 7) is 2.16. The molecule has 0 N–H and O–H groups in total. The molecule has 6 heteroatoms. The lowest BCUT2D eigenvalue weighted by Crippen LogP contribution is -2.41. The first kappa shape index (κ1) is 13.5. The summed E-state index contributed by atoms with van der Waals surface area (Å²) in [5, 5.41) is 4.19. The fourth-order valence-electron chi connectivity index (χ4n) is 2.21. The maximum atomic E-state index is 12.4. The van der Waals surface area contributed by atoms with E-state index in [9.17, 15) is 9.59 Å². The Balaban J connectivity index is 1.94. The van der Waals surface area contributed by atoms with Crippen LogP contribution in [-0.2, 0) is 4.74 Å². The van der Waals surface area contributed by atoms with Crippen molar-refractivity contribution < 1.29 is 9.53 Å². The van der Waals surface area contributed by atoms with Gasteiger partial charge in [0.05, 0.1) is 18.9 Å². The largest absolute Gasteiger partial charge is 0.378 e. The Bertz CT molecular complexity index is 691. The smallest absolute Gasteiger partial charge is 0.274 e. The van der Waals surface area contributed by atoms with Gasteiger partial charge >= 0.3 is 0 Å². The van der Waals surface area contributed by atoms with Crippen molar-refractivity contribution in [1.82, 2.24) is 14.7 Å². The third kappa shape index (κ3) is 2.85. The Labute approximate surface area is 121 Å². The predicted octanol–water partition coefficient (Wildman–Crippen LogP) is 0.705. The normalized spacial score (nSPS) is 15.0. The van der Waals surface area contributed by atoms with Crippen molar-refractivity contribution in [2.75, 3.05) is 26.3 Å². The maximum absolute atomic E-state index is 12.4. The van der Waals surface area contributed by atoms with E-state index >= 15 is 0 Å². The molecule has 2 aromatic rings. The number of hydrogen-bond donors (Lipinski definition) is 0. The summed E-state index contributed by atoms with van der Waals surface area (Å²) in [7, 11) is 0. The summed E-state index contributed by atoms with van der Waals surface area (Å²) in [5.41, 5.74) is 0.638. The van der Waals surface area contributed by atoms with E-state index in [-0.39, 0.29) is 17.2 Å². The fraction of sp³-hybridized carbons (Fsp3) is 0.267. The van der Waals surface area contributed by atoms with E-state index in [1.807, 2.05) is 18.2 Å². The molecule has 108 valence electrons. The van der Waals surface area contributed by atoms with Gasteiger partial charge in [0.25, 0.3) is 11.5 Å². The molecule has 0 radical (unpaired) electrons. The molecule has 0 aliphatic carbocycles.